The Labute approximate surface area is 101 Å². The first kappa shape index (κ1) is 15.4. The molecule has 0 aliphatic carbocycles. The van der Waals surface area contributed by atoms with Crippen LogP contribution in [-0.4, -0.2) is 14.9 Å². The molecule has 0 aromatic carbocycles. The zero-order valence-corrected chi connectivity index (χ0v) is 12.3. The summed E-state index contributed by atoms with van der Waals surface area (Å²) in [7, 11) is -1.55. The minimum Gasteiger partial charge on any atom is -0.417 e. The summed E-state index contributed by atoms with van der Waals surface area (Å²) < 4.78 is 6.05. The van der Waals surface area contributed by atoms with Crippen molar-refractivity contribution in [3.05, 3.63) is 12.2 Å². The molecule has 0 heterocycles. The third-order valence-corrected chi connectivity index (χ3v) is 7.76. The number of unbranched alkanes of at least 4 members (excludes halogenated alkanes) is 2. The number of nitrogens with zero attached hydrogens (tertiary/aromatic N) is 1. The fourth-order valence-electron chi connectivity index (χ4n) is 1.04. The molecule has 0 spiro atoms. The van der Waals surface area contributed by atoms with Gasteiger partial charge in [-0.2, -0.15) is 5.26 Å². The highest BCUT2D eigenvalue weighted by Crippen LogP contribution is 2.36. The number of allylic oxidation sites excluding steroid dienone is 2. The maximum absolute atomic E-state index is 8.31. The molecule has 0 saturated heterocycles. The van der Waals surface area contributed by atoms with Gasteiger partial charge in [0.15, 0.2) is 8.32 Å². The summed E-state index contributed by atoms with van der Waals surface area (Å²) in [5.74, 6) is 0. The van der Waals surface area contributed by atoms with E-state index in [9.17, 15) is 0 Å². The Morgan fingerprint density at radius 2 is 1.88 bits per heavy atom. The number of rotatable bonds is 6. The van der Waals surface area contributed by atoms with Crippen molar-refractivity contribution >= 4 is 8.32 Å². The normalized spacial score (nSPS) is 13.0. The van der Waals surface area contributed by atoms with Crippen LogP contribution >= 0.6 is 0 Å². The molecule has 0 fully saturated rings. The molecule has 0 unspecified atom stereocenters. The number of hydrogen-bond acceptors (Lipinski definition) is 2. The Morgan fingerprint density at radius 1 is 1.25 bits per heavy atom. The van der Waals surface area contributed by atoms with Crippen molar-refractivity contribution in [3.8, 4) is 6.07 Å². The lowest BCUT2D eigenvalue weighted by Gasteiger charge is -2.36. The van der Waals surface area contributed by atoms with Gasteiger partial charge >= 0.3 is 0 Å². The Kier molecular flexibility index (Phi) is 6.62. The molecular weight excluding hydrogens is 214 g/mol. The molecule has 92 valence electrons. The third-order valence-electron chi connectivity index (χ3n) is 3.23. The van der Waals surface area contributed by atoms with Crippen LogP contribution in [0.1, 0.15) is 40.0 Å². The molecule has 0 N–H and O–H groups in total. The van der Waals surface area contributed by atoms with Gasteiger partial charge in [-0.1, -0.05) is 26.8 Å². The van der Waals surface area contributed by atoms with E-state index in [0.717, 1.165) is 25.9 Å². The SMILES string of the molecule is CC(C)(C)[Si](C)(C)OCCCC/C=C/C#N. The summed E-state index contributed by atoms with van der Waals surface area (Å²) in [6, 6.07) is 2.00. The van der Waals surface area contributed by atoms with Gasteiger partial charge in [0.1, 0.15) is 0 Å². The van der Waals surface area contributed by atoms with E-state index >= 15 is 0 Å². The van der Waals surface area contributed by atoms with Gasteiger partial charge in [-0.15, -0.1) is 0 Å². The van der Waals surface area contributed by atoms with Crippen molar-refractivity contribution in [2.45, 2.75) is 58.2 Å². The first-order valence-electron chi connectivity index (χ1n) is 6.00. The highest BCUT2D eigenvalue weighted by atomic mass is 28.4. The van der Waals surface area contributed by atoms with Crippen LogP contribution in [0.3, 0.4) is 0 Å². The van der Waals surface area contributed by atoms with E-state index in [2.05, 4.69) is 33.9 Å². The quantitative estimate of drug-likeness (QED) is 0.394. The second-order valence-electron chi connectivity index (χ2n) is 5.64. The van der Waals surface area contributed by atoms with Gasteiger partial charge in [-0.3, -0.25) is 0 Å². The lowest BCUT2D eigenvalue weighted by Crippen LogP contribution is -2.40. The molecular formula is C13H25NOSi. The van der Waals surface area contributed by atoms with E-state index < -0.39 is 8.32 Å². The first-order chi connectivity index (χ1) is 7.31. The van der Waals surface area contributed by atoms with E-state index in [0.29, 0.717) is 5.04 Å². The zero-order valence-electron chi connectivity index (χ0n) is 11.3. The lowest BCUT2D eigenvalue weighted by molar-refractivity contribution is 0.279. The summed E-state index contributed by atoms with van der Waals surface area (Å²) in [6.07, 6.45) is 6.64. The molecule has 0 atom stereocenters. The smallest absolute Gasteiger partial charge is 0.191 e. The van der Waals surface area contributed by atoms with Gasteiger partial charge in [0.05, 0.1) is 6.07 Å². The van der Waals surface area contributed by atoms with Crippen LogP contribution in [0.25, 0.3) is 0 Å². The van der Waals surface area contributed by atoms with Crippen LogP contribution in [0, 0.1) is 11.3 Å². The molecule has 0 rings (SSSR count). The van der Waals surface area contributed by atoms with E-state index in [1.807, 2.05) is 12.1 Å². The van der Waals surface area contributed by atoms with Crippen LogP contribution in [0.5, 0.6) is 0 Å². The summed E-state index contributed by atoms with van der Waals surface area (Å²) in [4.78, 5) is 0. The predicted molar refractivity (Wildman–Crippen MR) is 71.8 cm³/mol. The van der Waals surface area contributed by atoms with Crippen LogP contribution in [0.2, 0.25) is 18.1 Å². The molecule has 0 aliphatic rings. The fourth-order valence-corrected chi connectivity index (χ4v) is 2.13. The van der Waals surface area contributed by atoms with E-state index in [1.165, 1.54) is 0 Å². The Balaban J connectivity index is 3.68. The topological polar surface area (TPSA) is 33.0 Å². The average Bonchev–Trinajstić information content (AvgIpc) is 2.14. The van der Waals surface area contributed by atoms with Crippen molar-refractivity contribution in [2.75, 3.05) is 6.61 Å². The van der Waals surface area contributed by atoms with Crippen molar-refractivity contribution in [2.24, 2.45) is 0 Å². The summed E-state index contributed by atoms with van der Waals surface area (Å²) in [6.45, 7) is 12.2. The van der Waals surface area contributed by atoms with Crippen molar-refractivity contribution in [1.82, 2.24) is 0 Å². The second kappa shape index (κ2) is 6.88. The number of hydrogen-bond donors (Lipinski definition) is 0. The summed E-state index contributed by atoms with van der Waals surface area (Å²) >= 11 is 0. The maximum atomic E-state index is 8.31. The molecule has 0 aliphatic heterocycles. The second-order valence-corrected chi connectivity index (χ2v) is 10.4. The largest absolute Gasteiger partial charge is 0.417 e. The molecule has 0 amide bonds. The zero-order chi connectivity index (χ0) is 12.7. The molecule has 0 aromatic rings. The standard InChI is InChI=1S/C13H25NOSi/c1-13(2,3)16(4,5)15-12-10-8-6-7-9-11-14/h7,9H,6,8,10,12H2,1-5H3/b9-7+. The van der Waals surface area contributed by atoms with Gasteiger partial charge in [0.2, 0.25) is 0 Å². The van der Waals surface area contributed by atoms with Gasteiger partial charge in [-0.25, -0.2) is 0 Å². The van der Waals surface area contributed by atoms with Gasteiger partial charge in [0.25, 0.3) is 0 Å². The van der Waals surface area contributed by atoms with E-state index in [1.54, 1.807) is 6.08 Å². The third kappa shape index (κ3) is 6.09. The molecule has 0 radical (unpaired) electrons. The minimum absolute atomic E-state index is 0.299. The average molecular weight is 239 g/mol. The van der Waals surface area contributed by atoms with E-state index in [4.69, 9.17) is 9.69 Å². The molecule has 0 aromatic heterocycles. The fraction of sp³-hybridized carbons (Fsp3) is 0.769. The maximum Gasteiger partial charge on any atom is 0.191 e. The van der Waals surface area contributed by atoms with Gasteiger partial charge in [0, 0.05) is 12.7 Å². The van der Waals surface area contributed by atoms with Gasteiger partial charge < -0.3 is 4.43 Å². The van der Waals surface area contributed by atoms with Crippen LogP contribution < -0.4 is 0 Å². The van der Waals surface area contributed by atoms with Crippen molar-refractivity contribution in [3.63, 3.8) is 0 Å². The number of nitriles is 1. The van der Waals surface area contributed by atoms with Crippen LogP contribution in [-0.2, 0) is 4.43 Å². The Hall–Kier alpha value is -0.593. The molecule has 16 heavy (non-hydrogen) atoms. The monoisotopic (exact) mass is 239 g/mol. The van der Waals surface area contributed by atoms with Crippen molar-refractivity contribution < 1.29 is 4.43 Å². The Morgan fingerprint density at radius 3 is 2.38 bits per heavy atom. The highest BCUT2D eigenvalue weighted by molar-refractivity contribution is 6.74. The van der Waals surface area contributed by atoms with Gasteiger partial charge in [-0.05, 0) is 37.4 Å². The summed E-state index contributed by atoms with van der Waals surface area (Å²) in [5, 5.41) is 8.61. The summed E-state index contributed by atoms with van der Waals surface area (Å²) in [5.41, 5.74) is 0. The highest BCUT2D eigenvalue weighted by Gasteiger charge is 2.36. The van der Waals surface area contributed by atoms with Crippen LogP contribution in [0.15, 0.2) is 12.2 Å². The molecule has 0 bridgehead atoms. The molecule has 2 nitrogen and oxygen atoms in total. The predicted octanol–water partition coefficient (Wildman–Crippen LogP) is 4.26. The van der Waals surface area contributed by atoms with Crippen molar-refractivity contribution in [1.29, 1.82) is 5.26 Å². The first-order valence-corrected chi connectivity index (χ1v) is 8.90. The molecule has 3 heteroatoms. The minimum atomic E-state index is -1.55. The van der Waals surface area contributed by atoms with E-state index in [-0.39, 0.29) is 0 Å². The van der Waals surface area contributed by atoms with Crippen LogP contribution in [0.4, 0.5) is 0 Å². The molecule has 0 saturated carbocycles. The Bertz CT molecular complexity index is 258. The lowest BCUT2D eigenvalue weighted by atomic mass is 10.2.